The highest BCUT2D eigenvalue weighted by atomic mass is 35.5. The number of fused-ring (bicyclic) bond motifs is 2. The van der Waals surface area contributed by atoms with Gasteiger partial charge in [-0.05, 0) is 55.7 Å². The first-order chi connectivity index (χ1) is 10.6. The third-order valence-electron chi connectivity index (χ3n) is 5.04. The summed E-state index contributed by atoms with van der Waals surface area (Å²) in [6, 6.07) is 9.13. The molecule has 2 N–H and O–H groups in total. The fourth-order valence-electron chi connectivity index (χ4n) is 4.00. The second-order valence-electron chi connectivity index (χ2n) is 6.76. The molecule has 4 heteroatoms. The molecule has 2 bridgehead atoms. The number of benzene rings is 1. The number of hydrogen-bond acceptors (Lipinski definition) is 2. The summed E-state index contributed by atoms with van der Waals surface area (Å²) in [5.41, 5.74) is 1.09. The van der Waals surface area contributed by atoms with Crippen LogP contribution in [0.25, 0.3) is 0 Å². The van der Waals surface area contributed by atoms with Gasteiger partial charge in [0.15, 0.2) is 0 Å². The minimum absolute atomic E-state index is 0.0598. The molecule has 2 aliphatic heterocycles. The molecule has 0 spiro atoms. The quantitative estimate of drug-likeness (QED) is 0.865. The van der Waals surface area contributed by atoms with Crippen LogP contribution in [0.15, 0.2) is 24.3 Å². The van der Waals surface area contributed by atoms with Crippen LogP contribution in [0.4, 0.5) is 0 Å². The summed E-state index contributed by atoms with van der Waals surface area (Å²) in [4.78, 5) is 12.4. The molecule has 1 amide bonds. The first kappa shape index (κ1) is 15.8. The molecule has 22 heavy (non-hydrogen) atoms. The van der Waals surface area contributed by atoms with E-state index >= 15 is 0 Å². The van der Waals surface area contributed by atoms with Gasteiger partial charge in [0.1, 0.15) is 0 Å². The summed E-state index contributed by atoms with van der Waals surface area (Å²) in [7, 11) is 0. The van der Waals surface area contributed by atoms with Gasteiger partial charge in [0, 0.05) is 23.5 Å². The lowest BCUT2D eigenvalue weighted by Crippen LogP contribution is -2.40. The Morgan fingerprint density at radius 2 is 2.09 bits per heavy atom. The molecule has 2 fully saturated rings. The highest BCUT2D eigenvalue weighted by molar-refractivity contribution is 6.30. The van der Waals surface area contributed by atoms with Gasteiger partial charge in [-0.2, -0.15) is 0 Å². The minimum Gasteiger partial charge on any atom is -0.349 e. The lowest BCUT2D eigenvalue weighted by Gasteiger charge is -2.29. The molecular formula is C18H25ClN2O. The van der Waals surface area contributed by atoms with Gasteiger partial charge in [-0.25, -0.2) is 0 Å². The van der Waals surface area contributed by atoms with Crippen LogP contribution in [0.2, 0.25) is 5.02 Å². The van der Waals surface area contributed by atoms with Gasteiger partial charge in [-0.3, -0.25) is 4.79 Å². The van der Waals surface area contributed by atoms with Gasteiger partial charge in [-0.15, -0.1) is 0 Å². The molecule has 2 heterocycles. The fourth-order valence-corrected chi connectivity index (χ4v) is 4.20. The molecule has 3 nitrogen and oxygen atoms in total. The average Bonchev–Trinajstić information content (AvgIpc) is 2.83. The van der Waals surface area contributed by atoms with Gasteiger partial charge >= 0.3 is 0 Å². The largest absolute Gasteiger partial charge is 0.349 e. The number of rotatable bonds is 5. The zero-order valence-electron chi connectivity index (χ0n) is 13.1. The second kappa shape index (κ2) is 7.01. The van der Waals surface area contributed by atoms with Crippen molar-refractivity contribution in [2.45, 2.75) is 63.6 Å². The predicted octanol–water partition coefficient (Wildman–Crippen LogP) is 3.83. The molecule has 120 valence electrons. The van der Waals surface area contributed by atoms with Gasteiger partial charge in [0.25, 0.3) is 0 Å². The van der Waals surface area contributed by atoms with E-state index in [1.165, 1.54) is 12.8 Å². The highest BCUT2D eigenvalue weighted by Gasteiger charge is 2.34. The van der Waals surface area contributed by atoms with E-state index in [9.17, 15) is 4.79 Å². The van der Waals surface area contributed by atoms with Crippen LogP contribution in [0, 0.1) is 5.92 Å². The standard InChI is InChI=1S/C18H25ClN2O/c1-2-17(13-4-3-5-14(19)11-13)21-18(22)10-12-8-15-6-7-16(9-12)20-15/h3-5,11-12,15-17,20H,2,6-10H2,1H3,(H,21,22). The molecule has 0 saturated carbocycles. The third-order valence-corrected chi connectivity index (χ3v) is 5.27. The van der Waals surface area contributed by atoms with E-state index in [2.05, 4.69) is 17.6 Å². The normalized spacial score (nSPS) is 28.4. The summed E-state index contributed by atoms with van der Waals surface area (Å²) < 4.78 is 0. The molecule has 0 aromatic heterocycles. The van der Waals surface area contributed by atoms with Gasteiger partial charge in [-0.1, -0.05) is 30.7 Å². The zero-order valence-corrected chi connectivity index (χ0v) is 13.9. The highest BCUT2D eigenvalue weighted by Crippen LogP contribution is 2.32. The summed E-state index contributed by atoms with van der Waals surface area (Å²) in [5, 5.41) is 7.54. The smallest absolute Gasteiger partial charge is 0.220 e. The topological polar surface area (TPSA) is 41.1 Å². The number of piperidine rings is 1. The van der Waals surface area contributed by atoms with Crippen LogP contribution in [0.1, 0.15) is 57.1 Å². The Balaban J connectivity index is 1.56. The molecule has 1 aromatic carbocycles. The number of amides is 1. The van der Waals surface area contributed by atoms with E-state index in [4.69, 9.17) is 11.6 Å². The molecule has 3 atom stereocenters. The Kier molecular flexibility index (Phi) is 5.04. The predicted molar refractivity (Wildman–Crippen MR) is 89.9 cm³/mol. The van der Waals surface area contributed by atoms with Gasteiger partial charge in [0.05, 0.1) is 6.04 Å². The van der Waals surface area contributed by atoms with Crippen molar-refractivity contribution in [3.05, 3.63) is 34.9 Å². The maximum Gasteiger partial charge on any atom is 0.220 e. The Hall–Kier alpha value is -1.06. The summed E-state index contributed by atoms with van der Waals surface area (Å²) >= 11 is 6.06. The van der Waals surface area contributed by atoms with Crippen LogP contribution in [-0.4, -0.2) is 18.0 Å². The summed E-state index contributed by atoms with van der Waals surface area (Å²) in [5.74, 6) is 0.716. The maximum absolute atomic E-state index is 12.4. The molecule has 3 unspecified atom stereocenters. The van der Waals surface area contributed by atoms with Crippen LogP contribution >= 0.6 is 11.6 Å². The molecule has 0 radical (unpaired) electrons. The number of hydrogen-bond donors (Lipinski definition) is 2. The lowest BCUT2D eigenvalue weighted by atomic mass is 9.89. The van der Waals surface area contributed by atoms with E-state index in [1.54, 1.807) is 0 Å². The first-order valence-corrected chi connectivity index (χ1v) is 8.82. The van der Waals surface area contributed by atoms with Gasteiger partial charge < -0.3 is 10.6 Å². The van der Waals surface area contributed by atoms with E-state index in [0.717, 1.165) is 29.8 Å². The molecule has 3 rings (SSSR count). The van der Waals surface area contributed by atoms with Gasteiger partial charge in [0.2, 0.25) is 5.91 Å². The third kappa shape index (κ3) is 3.82. The van der Waals surface area contributed by atoms with E-state index < -0.39 is 0 Å². The Morgan fingerprint density at radius 3 is 2.73 bits per heavy atom. The summed E-state index contributed by atoms with van der Waals surface area (Å²) in [6.07, 6.45) is 6.40. The number of nitrogens with one attached hydrogen (secondary N) is 2. The van der Waals surface area contributed by atoms with E-state index in [-0.39, 0.29) is 11.9 Å². The Labute approximate surface area is 137 Å². The van der Waals surface area contributed by atoms with E-state index in [0.29, 0.717) is 24.4 Å². The Morgan fingerprint density at radius 1 is 1.36 bits per heavy atom. The Bertz CT molecular complexity index is 522. The molecule has 1 aromatic rings. The zero-order chi connectivity index (χ0) is 15.5. The van der Waals surface area contributed by atoms with Crippen molar-refractivity contribution < 1.29 is 4.79 Å². The van der Waals surface area contributed by atoms with Crippen molar-refractivity contribution in [3.63, 3.8) is 0 Å². The van der Waals surface area contributed by atoms with Crippen LogP contribution in [-0.2, 0) is 4.79 Å². The van der Waals surface area contributed by atoms with Crippen LogP contribution in [0.5, 0.6) is 0 Å². The molecule has 2 saturated heterocycles. The average molecular weight is 321 g/mol. The molecule has 2 aliphatic rings. The maximum atomic E-state index is 12.4. The number of halogens is 1. The lowest BCUT2D eigenvalue weighted by molar-refractivity contribution is -0.123. The number of carbonyl (C=O) groups is 1. The van der Waals surface area contributed by atoms with Crippen molar-refractivity contribution in [2.24, 2.45) is 5.92 Å². The SMILES string of the molecule is CCC(NC(=O)CC1CC2CCC(C1)N2)c1cccc(Cl)c1. The van der Waals surface area contributed by atoms with E-state index in [1.807, 2.05) is 24.3 Å². The van der Waals surface area contributed by atoms with Crippen molar-refractivity contribution in [1.29, 1.82) is 0 Å². The van der Waals surface area contributed by atoms with Crippen molar-refractivity contribution in [1.82, 2.24) is 10.6 Å². The van der Waals surface area contributed by atoms with Crippen molar-refractivity contribution in [3.8, 4) is 0 Å². The summed E-state index contributed by atoms with van der Waals surface area (Å²) in [6.45, 7) is 2.09. The van der Waals surface area contributed by atoms with Crippen molar-refractivity contribution in [2.75, 3.05) is 0 Å². The minimum atomic E-state index is 0.0598. The first-order valence-electron chi connectivity index (χ1n) is 8.45. The van der Waals surface area contributed by atoms with Crippen LogP contribution < -0.4 is 10.6 Å². The number of carbonyl (C=O) groups excluding carboxylic acids is 1. The monoisotopic (exact) mass is 320 g/mol. The molecule has 0 aliphatic carbocycles. The van der Waals surface area contributed by atoms with Crippen molar-refractivity contribution >= 4 is 17.5 Å². The fraction of sp³-hybridized carbons (Fsp3) is 0.611. The van der Waals surface area contributed by atoms with Crippen LogP contribution in [0.3, 0.4) is 0 Å². The second-order valence-corrected chi connectivity index (χ2v) is 7.20. The molecular weight excluding hydrogens is 296 g/mol.